The topological polar surface area (TPSA) is 146 Å². The van der Waals surface area contributed by atoms with E-state index in [2.05, 4.69) is 27.7 Å². The third-order valence-electron chi connectivity index (χ3n) is 16.2. The summed E-state index contributed by atoms with van der Waals surface area (Å²) in [6, 6.07) is 0. The maximum Gasteiger partial charge on any atom is 0.315 e. The predicted octanol–water partition coefficient (Wildman–Crippen LogP) is 3.70. The molecule has 5 saturated carbocycles. The largest absolute Gasteiger partial charge is 0.459 e. The number of cyclic esters (lactones) is 1. The van der Waals surface area contributed by atoms with Crippen LogP contribution in [0.4, 0.5) is 0 Å². The molecule has 2 bridgehead atoms. The number of hydrogen-bond donors (Lipinski definition) is 5. The van der Waals surface area contributed by atoms with Crippen molar-refractivity contribution in [2.45, 2.75) is 154 Å². The van der Waals surface area contributed by atoms with Crippen molar-refractivity contribution in [2.24, 2.45) is 50.7 Å². The van der Waals surface area contributed by atoms with Crippen molar-refractivity contribution in [1.82, 2.24) is 0 Å². The van der Waals surface area contributed by atoms with Gasteiger partial charge in [0.2, 0.25) is 0 Å². The van der Waals surface area contributed by atoms with E-state index >= 15 is 0 Å². The summed E-state index contributed by atoms with van der Waals surface area (Å²) in [6.07, 6.45) is 4.06. The van der Waals surface area contributed by atoms with Crippen molar-refractivity contribution in [2.75, 3.05) is 13.2 Å². The average Bonchev–Trinajstić information content (AvgIpc) is 3.25. The molecule has 9 heteroatoms. The molecule has 0 unspecified atom stereocenters. The maximum absolute atomic E-state index is 14.1. The van der Waals surface area contributed by atoms with Gasteiger partial charge in [-0.05, 0) is 117 Å². The molecule has 9 nitrogen and oxygen atoms in total. The second-order valence-corrected chi connectivity index (χ2v) is 18.1. The van der Waals surface area contributed by atoms with Crippen LogP contribution in [0.25, 0.3) is 0 Å². The van der Waals surface area contributed by atoms with E-state index in [0.717, 1.165) is 64.2 Å². The van der Waals surface area contributed by atoms with Crippen LogP contribution in [-0.4, -0.2) is 86.6 Å². The van der Waals surface area contributed by atoms with Gasteiger partial charge in [0, 0.05) is 5.92 Å². The van der Waals surface area contributed by atoms with Crippen LogP contribution in [0.1, 0.15) is 112 Å². The fraction of sp³-hybridized carbons (Fsp3) is 0.972. The summed E-state index contributed by atoms with van der Waals surface area (Å²) >= 11 is 0. The number of fused-ring (bicyclic) bond motifs is 5. The number of rotatable bonds is 4. The molecule has 7 aliphatic rings. The van der Waals surface area contributed by atoms with Gasteiger partial charge in [0.1, 0.15) is 35.4 Å². The molecule has 2 heterocycles. The van der Waals surface area contributed by atoms with Gasteiger partial charge in [-0.1, -0.05) is 34.1 Å². The number of carbonyl (C=O) groups is 1. The first-order chi connectivity index (χ1) is 21.0. The number of esters is 1. The second kappa shape index (κ2) is 10.1. The third kappa shape index (κ3) is 3.95. The highest BCUT2D eigenvalue weighted by Crippen LogP contribution is 2.80. The van der Waals surface area contributed by atoms with E-state index in [1.165, 1.54) is 0 Å². The van der Waals surface area contributed by atoms with Crippen LogP contribution in [-0.2, 0) is 19.0 Å². The number of carbonyl (C=O) groups excluding carboxylic acids is 1. The molecule has 45 heavy (non-hydrogen) atoms. The van der Waals surface area contributed by atoms with Gasteiger partial charge < -0.3 is 39.7 Å². The van der Waals surface area contributed by atoms with E-state index in [4.69, 9.17) is 14.2 Å². The fourth-order valence-electron chi connectivity index (χ4n) is 13.9. The highest BCUT2D eigenvalue weighted by atomic mass is 16.7. The molecule has 0 aromatic heterocycles. The molecule has 2 saturated heterocycles. The molecular weight excluding hydrogens is 576 g/mol. The van der Waals surface area contributed by atoms with Gasteiger partial charge in [-0.15, -0.1) is 0 Å². The van der Waals surface area contributed by atoms with Gasteiger partial charge in [-0.25, -0.2) is 0 Å². The Labute approximate surface area is 268 Å². The Morgan fingerprint density at radius 2 is 1.42 bits per heavy atom. The quantitative estimate of drug-likeness (QED) is 0.292. The van der Waals surface area contributed by atoms with Crippen molar-refractivity contribution >= 4 is 5.97 Å². The van der Waals surface area contributed by atoms with Crippen LogP contribution < -0.4 is 0 Å². The van der Waals surface area contributed by atoms with Crippen molar-refractivity contribution < 1.29 is 44.5 Å². The van der Waals surface area contributed by atoms with Crippen molar-refractivity contribution in [1.29, 1.82) is 0 Å². The Balaban J connectivity index is 1.16. The summed E-state index contributed by atoms with van der Waals surface area (Å²) in [7, 11) is 0. The first-order valence-electron chi connectivity index (χ1n) is 17.8. The van der Waals surface area contributed by atoms with Gasteiger partial charge in [0.15, 0.2) is 6.29 Å². The third-order valence-corrected chi connectivity index (χ3v) is 16.2. The van der Waals surface area contributed by atoms with E-state index in [1.807, 2.05) is 13.8 Å². The molecule has 256 valence electrons. The normalized spacial score (nSPS) is 58.5. The molecule has 7 fully saturated rings. The summed E-state index contributed by atoms with van der Waals surface area (Å²) in [5, 5.41) is 53.3. The minimum absolute atomic E-state index is 0.0129. The summed E-state index contributed by atoms with van der Waals surface area (Å²) < 4.78 is 18.2. The molecule has 15 atom stereocenters. The zero-order valence-electron chi connectivity index (χ0n) is 28.3. The highest BCUT2D eigenvalue weighted by Gasteiger charge is 2.80. The highest BCUT2D eigenvalue weighted by molar-refractivity contribution is 5.82. The molecule has 0 spiro atoms. The number of hydrogen-bond acceptors (Lipinski definition) is 9. The standard InChI is InChI=1S/C36H58O9/c1-30(2)21-11-15-35(29(41)45-30)24-9-8-23-32(4)13-7-12-31(3,19-43-28-27(40)26(39)25(38)20(18-37)44-28)22(32)10-14-33(23,5)34(24,6)16-17-36(21,35)42/h20-28,37-40,42H,7-19H2,1-6H3/t20-,21+,22-,23+,24-,25-,26+,27-,28-,31+,32-,33+,34+,35+,36+/m0/s1. The lowest BCUT2D eigenvalue weighted by molar-refractivity contribution is -0.315. The van der Waals surface area contributed by atoms with E-state index in [0.29, 0.717) is 24.9 Å². The first kappa shape index (κ1) is 32.7. The van der Waals surface area contributed by atoms with Crippen molar-refractivity contribution in [3.05, 3.63) is 0 Å². The van der Waals surface area contributed by atoms with Crippen LogP contribution in [0, 0.1) is 50.7 Å². The smallest absolute Gasteiger partial charge is 0.315 e. The van der Waals surface area contributed by atoms with Gasteiger partial charge in [-0.2, -0.15) is 0 Å². The average molecular weight is 635 g/mol. The van der Waals surface area contributed by atoms with Gasteiger partial charge in [-0.3, -0.25) is 4.79 Å². The monoisotopic (exact) mass is 634 g/mol. The van der Waals surface area contributed by atoms with Gasteiger partial charge in [0.05, 0.1) is 18.8 Å². The van der Waals surface area contributed by atoms with Crippen LogP contribution in [0.3, 0.4) is 0 Å². The summed E-state index contributed by atoms with van der Waals surface area (Å²) in [5.41, 5.74) is -2.64. The number of ether oxygens (including phenoxy) is 3. The van der Waals surface area contributed by atoms with Gasteiger partial charge >= 0.3 is 5.97 Å². The van der Waals surface area contributed by atoms with Crippen LogP contribution in [0.15, 0.2) is 0 Å². The zero-order valence-corrected chi connectivity index (χ0v) is 28.3. The Hall–Kier alpha value is -0.810. The lowest BCUT2D eigenvalue weighted by Crippen LogP contribution is -2.74. The molecule has 0 radical (unpaired) electrons. The lowest BCUT2D eigenvalue weighted by Gasteiger charge is -2.74. The number of aliphatic hydroxyl groups excluding tert-OH is 4. The van der Waals surface area contributed by atoms with Crippen LogP contribution in [0.2, 0.25) is 0 Å². The molecule has 0 aromatic carbocycles. The minimum Gasteiger partial charge on any atom is -0.459 e. The Morgan fingerprint density at radius 3 is 2.13 bits per heavy atom. The SMILES string of the molecule is CC1(C)OC(=O)[C@]23CC[C@H]1[C@]2(O)CC[C@]1(C)[C@@H]3CC[C@@H]2[C@@]3(C)CCC[C@](C)(CO[C@H]4O[C@@H](CO)[C@H](O)[C@@H](O)[C@@H]4O)[C@@H]3CC[C@]21C. The fourth-order valence-corrected chi connectivity index (χ4v) is 13.9. The molecule has 5 aliphatic carbocycles. The Bertz CT molecular complexity index is 1210. The van der Waals surface area contributed by atoms with Crippen molar-refractivity contribution in [3.63, 3.8) is 0 Å². The Morgan fingerprint density at radius 1 is 0.756 bits per heavy atom. The lowest BCUT2D eigenvalue weighted by atomic mass is 9.31. The molecule has 0 amide bonds. The van der Waals surface area contributed by atoms with Gasteiger partial charge in [0.25, 0.3) is 0 Å². The second-order valence-electron chi connectivity index (χ2n) is 18.1. The molecule has 5 N–H and O–H groups in total. The van der Waals surface area contributed by atoms with Crippen LogP contribution >= 0.6 is 0 Å². The number of aliphatic hydroxyl groups is 5. The van der Waals surface area contributed by atoms with Crippen LogP contribution in [0.5, 0.6) is 0 Å². The molecular formula is C36H58O9. The summed E-state index contributed by atoms with van der Waals surface area (Å²) in [6.45, 7) is 13.6. The summed E-state index contributed by atoms with van der Waals surface area (Å²) in [4.78, 5) is 14.1. The summed E-state index contributed by atoms with van der Waals surface area (Å²) in [5.74, 6) is 0.777. The van der Waals surface area contributed by atoms with E-state index < -0.39 is 53.9 Å². The van der Waals surface area contributed by atoms with E-state index in [9.17, 15) is 30.3 Å². The maximum atomic E-state index is 14.1. The molecule has 7 rings (SSSR count). The van der Waals surface area contributed by atoms with Crippen molar-refractivity contribution in [3.8, 4) is 0 Å². The first-order valence-corrected chi connectivity index (χ1v) is 17.8. The Kier molecular flexibility index (Phi) is 7.35. The predicted molar refractivity (Wildman–Crippen MR) is 164 cm³/mol. The van der Waals surface area contributed by atoms with E-state index in [-0.39, 0.29) is 39.5 Å². The minimum atomic E-state index is -1.45. The zero-order chi connectivity index (χ0) is 32.6. The molecule has 2 aliphatic heterocycles. The van der Waals surface area contributed by atoms with E-state index in [1.54, 1.807) is 0 Å². The molecule has 0 aromatic rings.